The highest BCUT2D eigenvalue weighted by Gasteiger charge is 2.28. The molecule has 0 radical (unpaired) electrons. The van der Waals surface area contributed by atoms with Gasteiger partial charge in [-0.15, -0.1) is 0 Å². The number of carbonyl (C=O) groups is 1. The number of hydrogen-bond acceptors (Lipinski definition) is 4. The number of aliphatic hydroxyl groups is 1. The standard InChI is InChI=1S/C27H35Cl2NO4/c1-27(2,15-18-13-20-8-3-4-9-21(20)14-18)30-16-22(31)17-34-23-12-11-19(25(28)26(23)29)7-5-6-10-24(32)33/h3-4,8-9,11-12,18,22,30-31H,5-7,10,13-17H2,1-2H3,(H,32,33)/t22-/m0/s1. The first kappa shape index (κ1) is 26.8. The second kappa shape index (κ2) is 12.3. The van der Waals surface area contributed by atoms with Crippen LogP contribution in [0.4, 0.5) is 0 Å². The first-order valence-corrected chi connectivity index (χ1v) is 12.7. The van der Waals surface area contributed by atoms with Gasteiger partial charge in [-0.3, -0.25) is 4.79 Å². The number of fused-ring (bicyclic) bond motifs is 1. The Labute approximate surface area is 212 Å². The lowest BCUT2D eigenvalue weighted by Crippen LogP contribution is -2.46. The number of nitrogens with one attached hydrogen (secondary N) is 1. The number of unbranched alkanes of at least 4 members (excludes halogenated alkanes) is 1. The van der Waals surface area contributed by atoms with E-state index < -0.39 is 12.1 Å². The fourth-order valence-electron chi connectivity index (χ4n) is 4.70. The molecule has 34 heavy (non-hydrogen) atoms. The zero-order valence-corrected chi connectivity index (χ0v) is 21.5. The minimum absolute atomic E-state index is 0.100. The number of carboxylic acids is 1. The first-order chi connectivity index (χ1) is 16.1. The number of aryl methyl sites for hydroxylation is 1. The van der Waals surface area contributed by atoms with Crippen LogP contribution in [0.1, 0.15) is 56.2 Å². The second-order valence-electron chi connectivity index (χ2n) is 9.93. The van der Waals surface area contributed by atoms with Crippen molar-refractivity contribution in [2.24, 2.45) is 5.92 Å². The minimum atomic E-state index is -0.798. The highest BCUT2D eigenvalue weighted by molar-refractivity contribution is 6.43. The van der Waals surface area contributed by atoms with E-state index in [1.165, 1.54) is 11.1 Å². The smallest absolute Gasteiger partial charge is 0.303 e. The molecule has 3 rings (SSSR count). The maximum absolute atomic E-state index is 10.6. The van der Waals surface area contributed by atoms with E-state index in [9.17, 15) is 9.90 Å². The normalized spacial score (nSPS) is 14.7. The van der Waals surface area contributed by atoms with Gasteiger partial charge in [-0.05, 0) is 81.0 Å². The molecule has 5 nitrogen and oxygen atoms in total. The van der Waals surface area contributed by atoms with Gasteiger partial charge in [0.2, 0.25) is 0 Å². The average molecular weight is 508 g/mol. The largest absolute Gasteiger partial charge is 0.489 e. The molecule has 1 aliphatic rings. The number of ether oxygens (including phenoxy) is 1. The fourth-order valence-corrected chi connectivity index (χ4v) is 5.18. The van der Waals surface area contributed by atoms with Crippen LogP contribution in [-0.4, -0.2) is 41.0 Å². The lowest BCUT2D eigenvalue weighted by atomic mass is 9.88. The highest BCUT2D eigenvalue weighted by Crippen LogP contribution is 2.36. The van der Waals surface area contributed by atoms with E-state index in [4.69, 9.17) is 33.0 Å². The number of halogens is 2. The van der Waals surface area contributed by atoms with E-state index in [-0.39, 0.29) is 18.6 Å². The lowest BCUT2D eigenvalue weighted by molar-refractivity contribution is -0.137. The zero-order valence-electron chi connectivity index (χ0n) is 19.9. The molecule has 0 saturated carbocycles. The number of carboxylic acid groups (broad SMARTS) is 1. The van der Waals surface area contributed by atoms with Crippen LogP contribution in [0, 0.1) is 5.92 Å². The molecule has 7 heteroatoms. The van der Waals surface area contributed by atoms with Gasteiger partial charge in [0.15, 0.2) is 0 Å². The monoisotopic (exact) mass is 507 g/mol. The molecule has 3 N–H and O–H groups in total. The maximum Gasteiger partial charge on any atom is 0.303 e. The average Bonchev–Trinajstić information content (AvgIpc) is 3.18. The van der Waals surface area contributed by atoms with Crippen LogP contribution >= 0.6 is 23.2 Å². The summed E-state index contributed by atoms with van der Waals surface area (Å²) in [6.45, 7) is 4.87. The molecule has 0 unspecified atom stereocenters. The Hall–Kier alpha value is -1.79. The summed E-state index contributed by atoms with van der Waals surface area (Å²) in [7, 11) is 0. The van der Waals surface area contributed by atoms with Crippen LogP contribution in [0.3, 0.4) is 0 Å². The van der Waals surface area contributed by atoms with Gasteiger partial charge < -0.3 is 20.3 Å². The topological polar surface area (TPSA) is 78.8 Å². The van der Waals surface area contributed by atoms with Gasteiger partial charge >= 0.3 is 5.97 Å². The number of rotatable bonds is 13. The van der Waals surface area contributed by atoms with Crippen LogP contribution in [-0.2, 0) is 24.1 Å². The number of β-amino-alcohol motifs (C(OH)–C–C–N with tert-alkyl or cyclic N) is 1. The van der Waals surface area contributed by atoms with Crippen LogP contribution < -0.4 is 10.1 Å². The number of benzene rings is 2. The molecular formula is C27H35Cl2NO4. The molecular weight excluding hydrogens is 473 g/mol. The van der Waals surface area contributed by atoms with Crippen molar-refractivity contribution >= 4 is 29.2 Å². The van der Waals surface area contributed by atoms with Gasteiger partial charge in [0.1, 0.15) is 23.5 Å². The summed E-state index contributed by atoms with van der Waals surface area (Å²) in [6, 6.07) is 12.3. The highest BCUT2D eigenvalue weighted by atomic mass is 35.5. The SMILES string of the molecule is CC(C)(CC1Cc2ccccc2C1)NC[C@H](O)COc1ccc(CCCCC(=O)O)c(Cl)c1Cl. The summed E-state index contributed by atoms with van der Waals surface area (Å²) in [5, 5.41) is 23.4. The Morgan fingerprint density at radius 3 is 2.44 bits per heavy atom. The van der Waals surface area contributed by atoms with Gasteiger partial charge in [-0.1, -0.05) is 53.5 Å². The number of aliphatic carboxylic acids is 1. The Morgan fingerprint density at radius 1 is 1.12 bits per heavy atom. The molecule has 0 aromatic heterocycles. The van der Waals surface area contributed by atoms with Crippen molar-refractivity contribution < 1.29 is 19.7 Å². The summed E-state index contributed by atoms with van der Waals surface area (Å²) in [5.41, 5.74) is 3.68. The van der Waals surface area contributed by atoms with Gasteiger partial charge in [-0.2, -0.15) is 0 Å². The summed E-state index contributed by atoms with van der Waals surface area (Å²) in [5.74, 6) is 0.244. The molecule has 1 atom stereocenters. The minimum Gasteiger partial charge on any atom is -0.489 e. The molecule has 2 aromatic carbocycles. The third-order valence-corrected chi connectivity index (χ3v) is 7.30. The molecule has 0 spiro atoms. The number of aliphatic hydroxyl groups excluding tert-OH is 1. The van der Waals surface area contributed by atoms with Crippen molar-refractivity contribution in [2.75, 3.05) is 13.2 Å². The predicted molar refractivity (Wildman–Crippen MR) is 137 cm³/mol. The molecule has 2 aromatic rings. The predicted octanol–water partition coefficient (Wildman–Crippen LogP) is 5.70. The van der Waals surface area contributed by atoms with Gasteiger partial charge in [0, 0.05) is 18.5 Å². The zero-order chi connectivity index (χ0) is 24.7. The summed E-state index contributed by atoms with van der Waals surface area (Å²) in [4.78, 5) is 10.6. The van der Waals surface area contributed by atoms with E-state index in [1.54, 1.807) is 6.07 Å². The van der Waals surface area contributed by atoms with Gasteiger partial charge in [-0.25, -0.2) is 0 Å². The van der Waals surface area contributed by atoms with Crippen molar-refractivity contribution in [1.29, 1.82) is 0 Å². The molecule has 0 bridgehead atoms. The lowest BCUT2D eigenvalue weighted by Gasteiger charge is -2.30. The van der Waals surface area contributed by atoms with E-state index in [1.807, 2.05) is 6.07 Å². The van der Waals surface area contributed by atoms with E-state index >= 15 is 0 Å². The molecule has 0 fully saturated rings. The van der Waals surface area contributed by atoms with E-state index in [0.717, 1.165) is 31.2 Å². The van der Waals surface area contributed by atoms with E-state index in [2.05, 4.69) is 43.4 Å². The molecule has 0 heterocycles. The van der Waals surface area contributed by atoms with Crippen molar-refractivity contribution in [3.05, 3.63) is 63.1 Å². The molecule has 0 amide bonds. The Balaban J connectivity index is 1.42. The second-order valence-corrected chi connectivity index (χ2v) is 10.7. The van der Waals surface area contributed by atoms with Crippen LogP contribution in [0.25, 0.3) is 0 Å². The maximum atomic E-state index is 10.6. The summed E-state index contributed by atoms with van der Waals surface area (Å²) in [6.07, 6.45) is 4.67. The Morgan fingerprint density at radius 2 is 1.79 bits per heavy atom. The number of hydrogen-bond donors (Lipinski definition) is 3. The molecule has 1 aliphatic carbocycles. The molecule has 0 saturated heterocycles. The Bertz CT molecular complexity index is 954. The summed E-state index contributed by atoms with van der Waals surface area (Å²) < 4.78 is 5.75. The summed E-state index contributed by atoms with van der Waals surface area (Å²) >= 11 is 12.8. The van der Waals surface area contributed by atoms with Crippen molar-refractivity contribution in [1.82, 2.24) is 5.32 Å². The first-order valence-electron chi connectivity index (χ1n) is 12.0. The fraction of sp³-hybridized carbons (Fsp3) is 0.519. The van der Waals surface area contributed by atoms with E-state index in [0.29, 0.717) is 41.1 Å². The van der Waals surface area contributed by atoms with Crippen molar-refractivity contribution in [3.63, 3.8) is 0 Å². The quantitative estimate of drug-likeness (QED) is 0.303. The Kier molecular flexibility index (Phi) is 9.66. The van der Waals surface area contributed by atoms with Gasteiger partial charge in [0.25, 0.3) is 0 Å². The molecule has 186 valence electrons. The van der Waals surface area contributed by atoms with Crippen LogP contribution in [0.15, 0.2) is 36.4 Å². The third kappa shape index (κ3) is 7.88. The van der Waals surface area contributed by atoms with Crippen molar-refractivity contribution in [3.8, 4) is 5.75 Å². The van der Waals surface area contributed by atoms with Crippen LogP contribution in [0.5, 0.6) is 5.75 Å². The van der Waals surface area contributed by atoms with Crippen molar-refractivity contribution in [2.45, 2.75) is 70.4 Å². The van der Waals surface area contributed by atoms with Gasteiger partial charge in [0.05, 0.1) is 5.02 Å². The van der Waals surface area contributed by atoms with Crippen LogP contribution in [0.2, 0.25) is 10.0 Å². The molecule has 0 aliphatic heterocycles. The third-order valence-electron chi connectivity index (χ3n) is 6.40.